The lowest BCUT2D eigenvalue weighted by atomic mass is 10.1. The van der Waals surface area contributed by atoms with Crippen LogP contribution in [0, 0.1) is 0 Å². The SMILES string of the molecule is CSc1nnc(-c2nc(-c3ccccc3)cc(-c3ccccc3)n2)n1-c1ccccc1. The standard InChI is InChI=1S/C25H19N5S/c1-31-25-29-28-24(30(25)20-15-9-4-10-16-20)23-26-21(18-11-5-2-6-12-18)17-22(27-23)19-13-7-3-8-14-19/h2-17H,1H3. The van der Waals surface area contributed by atoms with Gasteiger partial charge in [0, 0.05) is 16.8 Å². The van der Waals surface area contributed by atoms with Crippen LogP contribution in [-0.2, 0) is 0 Å². The topological polar surface area (TPSA) is 56.5 Å². The molecule has 5 nitrogen and oxygen atoms in total. The first-order valence-electron chi connectivity index (χ1n) is 9.88. The van der Waals surface area contributed by atoms with Gasteiger partial charge in [-0.3, -0.25) is 4.57 Å². The Kier molecular flexibility index (Phi) is 5.29. The molecule has 0 atom stereocenters. The van der Waals surface area contributed by atoms with Gasteiger partial charge in [0.25, 0.3) is 0 Å². The van der Waals surface area contributed by atoms with E-state index in [9.17, 15) is 0 Å². The Morgan fingerprint density at radius 2 is 1.16 bits per heavy atom. The highest BCUT2D eigenvalue weighted by atomic mass is 32.2. The van der Waals surface area contributed by atoms with Gasteiger partial charge in [-0.25, -0.2) is 9.97 Å². The third-order valence-electron chi connectivity index (χ3n) is 4.90. The Morgan fingerprint density at radius 3 is 1.68 bits per heavy atom. The molecule has 31 heavy (non-hydrogen) atoms. The lowest BCUT2D eigenvalue weighted by Gasteiger charge is -2.11. The smallest absolute Gasteiger partial charge is 0.207 e. The van der Waals surface area contributed by atoms with Crippen molar-refractivity contribution in [2.75, 3.05) is 6.26 Å². The molecule has 0 saturated heterocycles. The average Bonchev–Trinajstić information content (AvgIpc) is 3.30. The summed E-state index contributed by atoms with van der Waals surface area (Å²) in [5, 5.41) is 9.65. The molecule has 0 N–H and O–H groups in total. The maximum atomic E-state index is 4.89. The number of rotatable bonds is 5. The maximum absolute atomic E-state index is 4.89. The highest BCUT2D eigenvalue weighted by molar-refractivity contribution is 7.98. The van der Waals surface area contributed by atoms with Crippen molar-refractivity contribution in [1.82, 2.24) is 24.7 Å². The van der Waals surface area contributed by atoms with Crippen LogP contribution in [0.4, 0.5) is 0 Å². The molecule has 0 bridgehead atoms. The Morgan fingerprint density at radius 1 is 0.645 bits per heavy atom. The van der Waals surface area contributed by atoms with Crippen LogP contribution >= 0.6 is 11.8 Å². The van der Waals surface area contributed by atoms with Gasteiger partial charge in [-0.05, 0) is 24.5 Å². The molecule has 150 valence electrons. The lowest BCUT2D eigenvalue weighted by molar-refractivity contribution is 0.886. The van der Waals surface area contributed by atoms with Crippen molar-refractivity contribution in [3.05, 3.63) is 97.1 Å². The summed E-state index contributed by atoms with van der Waals surface area (Å²) in [6.45, 7) is 0. The number of hydrogen-bond donors (Lipinski definition) is 0. The van der Waals surface area contributed by atoms with Crippen molar-refractivity contribution >= 4 is 11.8 Å². The molecule has 0 spiro atoms. The molecule has 0 aliphatic rings. The molecular weight excluding hydrogens is 402 g/mol. The van der Waals surface area contributed by atoms with E-state index in [-0.39, 0.29) is 0 Å². The van der Waals surface area contributed by atoms with Gasteiger partial charge < -0.3 is 0 Å². The largest absolute Gasteiger partial charge is 0.267 e. The zero-order chi connectivity index (χ0) is 21.0. The van der Waals surface area contributed by atoms with Gasteiger partial charge in [-0.2, -0.15) is 0 Å². The molecule has 5 aromatic rings. The second kappa shape index (κ2) is 8.53. The maximum Gasteiger partial charge on any atom is 0.207 e. The van der Waals surface area contributed by atoms with Gasteiger partial charge in [0.2, 0.25) is 5.82 Å². The monoisotopic (exact) mass is 421 g/mol. The normalized spacial score (nSPS) is 10.9. The Bertz CT molecular complexity index is 1240. The van der Waals surface area contributed by atoms with Crippen LogP contribution in [0.5, 0.6) is 0 Å². The third kappa shape index (κ3) is 3.85. The van der Waals surface area contributed by atoms with Crippen LogP contribution in [0.3, 0.4) is 0 Å². The van der Waals surface area contributed by atoms with E-state index < -0.39 is 0 Å². The average molecular weight is 422 g/mol. The van der Waals surface area contributed by atoms with Crippen LogP contribution < -0.4 is 0 Å². The number of hydrogen-bond acceptors (Lipinski definition) is 5. The van der Waals surface area contributed by atoms with Gasteiger partial charge in [-0.1, -0.05) is 90.6 Å². The molecule has 0 aliphatic heterocycles. The first kappa shape index (κ1) is 19.2. The summed E-state index contributed by atoms with van der Waals surface area (Å²) in [6.07, 6.45) is 1.99. The first-order valence-corrected chi connectivity index (χ1v) is 11.1. The number of benzene rings is 3. The van der Waals surface area contributed by atoms with Gasteiger partial charge in [-0.15, -0.1) is 10.2 Å². The molecule has 6 heteroatoms. The molecule has 0 amide bonds. The number of para-hydroxylation sites is 1. The molecule has 0 radical (unpaired) electrons. The molecular formula is C25H19N5S. The van der Waals surface area contributed by atoms with E-state index >= 15 is 0 Å². The van der Waals surface area contributed by atoms with Crippen molar-refractivity contribution in [2.24, 2.45) is 0 Å². The van der Waals surface area contributed by atoms with Crippen LogP contribution in [0.2, 0.25) is 0 Å². The van der Waals surface area contributed by atoms with Gasteiger partial charge >= 0.3 is 0 Å². The number of aromatic nitrogens is 5. The van der Waals surface area contributed by atoms with Crippen molar-refractivity contribution in [1.29, 1.82) is 0 Å². The molecule has 0 fully saturated rings. The Labute approximate surface area is 184 Å². The molecule has 2 heterocycles. The summed E-state index contributed by atoms with van der Waals surface area (Å²) in [4.78, 5) is 9.78. The van der Waals surface area contributed by atoms with Crippen molar-refractivity contribution in [3.8, 4) is 39.9 Å². The molecule has 2 aromatic heterocycles. The summed E-state index contributed by atoms with van der Waals surface area (Å²) >= 11 is 1.54. The van der Waals surface area contributed by atoms with Crippen LogP contribution in [-0.4, -0.2) is 31.0 Å². The van der Waals surface area contributed by atoms with E-state index in [1.54, 1.807) is 11.8 Å². The predicted molar refractivity (Wildman–Crippen MR) is 125 cm³/mol. The summed E-state index contributed by atoms with van der Waals surface area (Å²) < 4.78 is 2.00. The minimum Gasteiger partial charge on any atom is -0.267 e. The number of thioether (sulfide) groups is 1. The fourth-order valence-electron chi connectivity index (χ4n) is 3.42. The van der Waals surface area contributed by atoms with E-state index in [4.69, 9.17) is 9.97 Å². The fourth-order valence-corrected chi connectivity index (χ4v) is 3.91. The summed E-state index contributed by atoms with van der Waals surface area (Å²) in [6, 6.07) is 32.3. The molecule has 3 aromatic carbocycles. The quantitative estimate of drug-likeness (QED) is 0.337. The fraction of sp³-hybridized carbons (Fsp3) is 0.0400. The van der Waals surface area contributed by atoms with Crippen molar-refractivity contribution < 1.29 is 0 Å². The minimum absolute atomic E-state index is 0.539. The zero-order valence-electron chi connectivity index (χ0n) is 16.9. The minimum atomic E-state index is 0.539. The van der Waals surface area contributed by atoms with E-state index in [0.717, 1.165) is 33.4 Å². The van der Waals surface area contributed by atoms with E-state index in [1.165, 1.54) is 0 Å². The van der Waals surface area contributed by atoms with Crippen LogP contribution in [0.15, 0.2) is 102 Å². The predicted octanol–water partition coefficient (Wildman–Crippen LogP) is 5.78. The third-order valence-corrected chi connectivity index (χ3v) is 5.52. The molecule has 0 saturated carbocycles. The summed E-state index contributed by atoms with van der Waals surface area (Å²) in [7, 11) is 0. The van der Waals surface area contributed by atoms with Crippen LogP contribution in [0.1, 0.15) is 0 Å². The molecule has 0 aliphatic carbocycles. The zero-order valence-corrected chi connectivity index (χ0v) is 17.7. The van der Waals surface area contributed by atoms with E-state index in [2.05, 4.69) is 34.5 Å². The van der Waals surface area contributed by atoms with Gasteiger partial charge in [0.1, 0.15) is 0 Å². The Balaban J connectivity index is 1.74. The van der Waals surface area contributed by atoms with Crippen molar-refractivity contribution in [3.63, 3.8) is 0 Å². The lowest BCUT2D eigenvalue weighted by Crippen LogP contribution is -2.03. The van der Waals surface area contributed by atoms with Gasteiger partial charge in [0.15, 0.2) is 11.0 Å². The number of nitrogens with zero attached hydrogens (tertiary/aromatic N) is 5. The van der Waals surface area contributed by atoms with Crippen molar-refractivity contribution in [2.45, 2.75) is 5.16 Å². The van der Waals surface area contributed by atoms with Gasteiger partial charge in [0.05, 0.1) is 11.4 Å². The molecule has 5 rings (SSSR count). The molecule has 0 unspecified atom stereocenters. The Hall–Kier alpha value is -3.77. The second-order valence-electron chi connectivity index (χ2n) is 6.88. The summed E-state index contributed by atoms with van der Waals surface area (Å²) in [5.74, 6) is 1.15. The highest BCUT2D eigenvalue weighted by Crippen LogP contribution is 2.29. The van der Waals surface area contributed by atoms with E-state index in [1.807, 2.05) is 83.6 Å². The second-order valence-corrected chi connectivity index (χ2v) is 7.65. The van der Waals surface area contributed by atoms with Crippen LogP contribution in [0.25, 0.3) is 39.9 Å². The summed E-state index contributed by atoms with van der Waals surface area (Å²) in [5.41, 5.74) is 4.72. The van der Waals surface area contributed by atoms with E-state index in [0.29, 0.717) is 11.6 Å². The first-order chi connectivity index (χ1) is 15.3. The highest BCUT2D eigenvalue weighted by Gasteiger charge is 2.19.